The molecular weight excluding hydrogens is 268 g/mol. The van der Waals surface area contributed by atoms with E-state index in [4.69, 9.17) is 4.74 Å². The van der Waals surface area contributed by atoms with Gasteiger partial charge in [-0.1, -0.05) is 6.07 Å². The average molecular weight is 282 g/mol. The molecule has 1 saturated heterocycles. The predicted molar refractivity (Wildman–Crippen MR) is 67.6 cm³/mol. The maximum atomic E-state index is 12.8. The fourth-order valence-electron chi connectivity index (χ4n) is 1.60. The van der Waals surface area contributed by atoms with Gasteiger partial charge in [0.25, 0.3) is 0 Å². The predicted octanol–water partition coefficient (Wildman–Crippen LogP) is 2.33. The number of ether oxygens (including phenoxy) is 1. The van der Waals surface area contributed by atoms with Crippen LogP contribution >= 0.6 is 24.8 Å². The second-order valence-electron chi connectivity index (χ2n) is 3.53. The molecule has 1 fully saturated rings. The minimum absolute atomic E-state index is 0. The number of halogens is 3. The van der Waals surface area contributed by atoms with E-state index in [2.05, 4.69) is 5.32 Å². The second-order valence-corrected chi connectivity index (χ2v) is 3.53. The number of hydrogen-bond donors (Lipinski definition) is 1. The Hall–Kier alpha value is -0.840. The fraction of sp³-hybridized carbons (Fsp3) is 0.364. The van der Waals surface area contributed by atoms with Crippen molar-refractivity contribution in [2.24, 2.45) is 0 Å². The second kappa shape index (κ2) is 7.48. The first-order valence-electron chi connectivity index (χ1n) is 4.96. The highest BCUT2D eigenvalue weighted by molar-refractivity contribution is 5.85. The van der Waals surface area contributed by atoms with Crippen LogP contribution in [-0.2, 0) is 4.79 Å². The first-order chi connectivity index (χ1) is 7.25. The monoisotopic (exact) mass is 281 g/mol. The Bertz CT molecular complexity index is 370. The van der Waals surface area contributed by atoms with Crippen molar-refractivity contribution >= 4 is 30.8 Å². The smallest absolute Gasteiger partial charge is 0.328 e. The summed E-state index contributed by atoms with van der Waals surface area (Å²) in [5, 5.41) is 3.02. The van der Waals surface area contributed by atoms with Crippen molar-refractivity contribution in [3.05, 3.63) is 30.1 Å². The zero-order chi connectivity index (χ0) is 10.7. The van der Waals surface area contributed by atoms with Crippen molar-refractivity contribution in [2.75, 3.05) is 6.54 Å². The van der Waals surface area contributed by atoms with Gasteiger partial charge in [-0.05, 0) is 31.5 Å². The largest absolute Gasteiger partial charge is 0.425 e. The summed E-state index contributed by atoms with van der Waals surface area (Å²) in [6.45, 7) is 0.836. The third kappa shape index (κ3) is 4.50. The van der Waals surface area contributed by atoms with Gasteiger partial charge in [-0.25, -0.2) is 9.18 Å². The number of hydrogen-bond acceptors (Lipinski definition) is 3. The average Bonchev–Trinajstić information content (AvgIpc) is 2.70. The lowest BCUT2D eigenvalue weighted by atomic mass is 10.2. The van der Waals surface area contributed by atoms with Crippen LogP contribution in [0.1, 0.15) is 12.8 Å². The maximum absolute atomic E-state index is 12.8. The standard InChI is InChI=1S/C11H12FNO2.2ClH/c12-8-3-1-4-9(7-8)15-11(14)10-5-2-6-13-10;;/h1,3-4,7,10,13H,2,5-6H2;2*1H/t10-;;/m0../s1. The van der Waals surface area contributed by atoms with Crippen molar-refractivity contribution in [1.82, 2.24) is 5.32 Å². The van der Waals surface area contributed by atoms with E-state index < -0.39 is 5.82 Å². The van der Waals surface area contributed by atoms with Crippen molar-refractivity contribution in [1.29, 1.82) is 0 Å². The molecule has 1 aliphatic heterocycles. The highest BCUT2D eigenvalue weighted by atomic mass is 35.5. The summed E-state index contributed by atoms with van der Waals surface area (Å²) in [5.74, 6) is -0.480. The van der Waals surface area contributed by atoms with E-state index in [1.165, 1.54) is 18.2 Å². The summed E-state index contributed by atoms with van der Waals surface area (Å²) in [7, 11) is 0. The fourth-order valence-corrected chi connectivity index (χ4v) is 1.60. The Balaban J connectivity index is 0.00000128. The van der Waals surface area contributed by atoms with Crippen molar-refractivity contribution in [3.8, 4) is 5.75 Å². The molecule has 0 radical (unpaired) electrons. The van der Waals surface area contributed by atoms with Gasteiger partial charge in [-0.3, -0.25) is 0 Å². The SMILES string of the molecule is Cl.Cl.O=C(Oc1cccc(F)c1)[C@@H]1CCCN1. The van der Waals surface area contributed by atoms with Crippen LogP contribution in [0.15, 0.2) is 24.3 Å². The molecule has 0 aliphatic carbocycles. The minimum Gasteiger partial charge on any atom is -0.425 e. The molecular formula is C11H14Cl2FNO2. The van der Waals surface area contributed by atoms with Crippen LogP contribution in [0.2, 0.25) is 0 Å². The lowest BCUT2D eigenvalue weighted by molar-refractivity contribution is -0.136. The first kappa shape index (κ1) is 16.2. The summed E-state index contributed by atoms with van der Waals surface area (Å²) < 4.78 is 17.8. The molecule has 96 valence electrons. The van der Waals surface area contributed by atoms with Gasteiger partial charge < -0.3 is 10.1 Å². The molecule has 1 aliphatic rings. The van der Waals surface area contributed by atoms with Crippen molar-refractivity contribution in [2.45, 2.75) is 18.9 Å². The molecule has 1 N–H and O–H groups in total. The van der Waals surface area contributed by atoms with E-state index in [0.717, 1.165) is 19.4 Å². The third-order valence-electron chi connectivity index (χ3n) is 2.36. The van der Waals surface area contributed by atoms with Gasteiger partial charge in [0.2, 0.25) is 0 Å². The van der Waals surface area contributed by atoms with E-state index in [1.54, 1.807) is 6.07 Å². The number of esters is 1. The van der Waals surface area contributed by atoms with Crippen LogP contribution in [-0.4, -0.2) is 18.6 Å². The number of benzene rings is 1. The lowest BCUT2D eigenvalue weighted by Gasteiger charge is -2.09. The molecule has 1 atom stereocenters. The van der Waals surface area contributed by atoms with Gasteiger partial charge in [0.15, 0.2) is 0 Å². The third-order valence-corrected chi connectivity index (χ3v) is 2.36. The molecule has 0 unspecified atom stereocenters. The van der Waals surface area contributed by atoms with Gasteiger partial charge >= 0.3 is 5.97 Å². The van der Waals surface area contributed by atoms with Crippen molar-refractivity contribution in [3.63, 3.8) is 0 Å². The van der Waals surface area contributed by atoms with Crippen LogP contribution in [0, 0.1) is 5.82 Å². The Morgan fingerprint density at radius 1 is 1.41 bits per heavy atom. The Morgan fingerprint density at radius 2 is 2.18 bits per heavy atom. The zero-order valence-corrected chi connectivity index (χ0v) is 10.7. The van der Waals surface area contributed by atoms with E-state index >= 15 is 0 Å². The van der Waals surface area contributed by atoms with Crippen LogP contribution in [0.3, 0.4) is 0 Å². The molecule has 0 spiro atoms. The highest BCUT2D eigenvalue weighted by Crippen LogP contribution is 2.14. The molecule has 0 amide bonds. The summed E-state index contributed by atoms with van der Waals surface area (Å²) in [6.07, 6.45) is 1.76. The van der Waals surface area contributed by atoms with Crippen LogP contribution in [0.5, 0.6) is 5.75 Å². The van der Waals surface area contributed by atoms with E-state index in [-0.39, 0.29) is 42.6 Å². The number of carbonyl (C=O) groups excluding carboxylic acids is 1. The minimum atomic E-state index is -0.403. The van der Waals surface area contributed by atoms with Crippen LogP contribution < -0.4 is 10.1 Å². The van der Waals surface area contributed by atoms with Crippen LogP contribution in [0.4, 0.5) is 4.39 Å². The van der Waals surface area contributed by atoms with E-state index in [9.17, 15) is 9.18 Å². The number of carbonyl (C=O) groups is 1. The van der Waals surface area contributed by atoms with E-state index in [0.29, 0.717) is 0 Å². The molecule has 0 bridgehead atoms. The molecule has 17 heavy (non-hydrogen) atoms. The Morgan fingerprint density at radius 3 is 2.76 bits per heavy atom. The molecule has 0 aromatic heterocycles. The summed E-state index contributed by atoms with van der Waals surface area (Å²) in [5.41, 5.74) is 0. The first-order valence-corrected chi connectivity index (χ1v) is 4.96. The number of rotatable bonds is 2. The van der Waals surface area contributed by atoms with Crippen molar-refractivity contribution < 1.29 is 13.9 Å². The van der Waals surface area contributed by atoms with Crippen LogP contribution in [0.25, 0.3) is 0 Å². The van der Waals surface area contributed by atoms with E-state index in [1.807, 2.05) is 0 Å². The summed E-state index contributed by atoms with van der Waals surface area (Å²) >= 11 is 0. The highest BCUT2D eigenvalue weighted by Gasteiger charge is 2.23. The Labute approximate surface area is 112 Å². The molecule has 0 saturated carbocycles. The molecule has 1 aromatic carbocycles. The summed E-state index contributed by atoms with van der Waals surface area (Å²) in [4.78, 5) is 11.5. The maximum Gasteiger partial charge on any atom is 0.328 e. The van der Waals surface area contributed by atoms with Gasteiger partial charge in [0, 0.05) is 6.07 Å². The molecule has 3 nitrogen and oxygen atoms in total. The van der Waals surface area contributed by atoms with Gasteiger partial charge in [0.05, 0.1) is 0 Å². The molecule has 1 aromatic rings. The van der Waals surface area contributed by atoms with Gasteiger partial charge in [0.1, 0.15) is 17.6 Å². The molecule has 2 rings (SSSR count). The number of nitrogens with one attached hydrogen (secondary N) is 1. The topological polar surface area (TPSA) is 38.3 Å². The Kier molecular flexibility index (Phi) is 7.11. The molecule has 1 heterocycles. The molecule has 6 heteroatoms. The zero-order valence-electron chi connectivity index (χ0n) is 9.02. The quantitative estimate of drug-likeness (QED) is 0.668. The normalized spacial score (nSPS) is 17.8. The lowest BCUT2D eigenvalue weighted by Crippen LogP contribution is -2.34. The van der Waals surface area contributed by atoms with Gasteiger partial charge in [-0.2, -0.15) is 0 Å². The summed E-state index contributed by atoms with van der Waals surface area (Å²) in [6, 6.07) is 5.35. The van der Waals surface area contributed by atoms with Gasteiger partial charge in [-0.15, -0.1) is 24.8 Å².